The maximum Gasteiger partial charge on any atom is 0.264 e. The second-order valence-corrected chi connectivity index (χ2v) is 6.96. The quantitative estimate of drug-likeness (QED) is 0.613. The fourth-order valence-electron chi connectivity index (χ4n) is 2.49. The molecule has 1 amide bonds. The Morgan fingerprint density at radius 1 is 1.26 bits per heavy atom. The van der Waals surface area contributed by atoms with Crippen LogP contribution in [0.4, 0.5) is 5.69 Å². The lowest BCUT2D eigenvalue weighted by Gasteiger charge is -2.14. The molecule has 6 heteroatoms. The number of amides is 1. The number of nitrogens with zero attached hydrogens (tertiary/aromatic N) is 2. The molecule has 23 heavy (non-hydrogen) atoms. The van der Waals surface area contributed by atoms with Crippen LogP contribution in [0, 0.1) is 11.8 Å². The van der Waals surface area contributed by atoms with Crippen LogP contribution < -0.4 is 5.01 Å². The van der Waals surface area contributed by atoms with Crippen LogP contribution in [0.2, 0.25) is 5.02 Å². The van der Waals surface area contributed by atoms with Gasteiger partial charge in [0.05, 0.1) is 16.3 Å². The fourth-order valence-corrected chi connectivity index (χ4v) is 3.32. The predicted octanol–water partition coefficient (Wildman–Crippen LogP) is 4.26. The van der Waals surface area contributed by atoms with Crippen molar-refractivity contribution in [3.63, 3.8) is 0 Å². The number of ketones is 1. The number of rotatable bonds is 4. The first-order valence-electron chi connectivity index (χ1n) is 7.24. The Morgan fingerprint density at radius 2 is 1.96 bits per heavy atom. The van der Waals surface area contributed by atoms with E-state index in [0.717, 1.165) is 0 Å². The van der Waals surface area contributed by atoms with Crippen LogP contribution in [0.1, 0.15) is 23.5 Å². The molecule has 1 atom stereocenters. The van der Waals surface area contributed by atoms with E-state index in [-0.39, 0.29) is 17.6 Å². The molecule has 4 nitrogen and oxygen atoms in total. The molecule has 2 aromatic rings. The minimum absolute atomic E-state index is 0.00478. The van der Waals surface area contributed by atoms with Crippen LogP contribution in [0.5, 0.6) is 0 Å². The third-order valence-electron chi connectivity index (χ3n) is 3.66. The standard InChI is InChI=1S/C17H15ClN2O2S/c1-10(2)15-14(16(21)13-4-3-9-23-13)17(22)20(19-15)12-7-5-11(18)6-8-12/h3-10,14H,1-2H3/t14-/m0/s1. The zero-order valence-electron chi connectivity index (χ0n) is 12.7. The molecule has 0 fully saturated rings. The highest BCUT2D eigenvalue weighted by Gasteiger charge is 2.43. The Bertz CT molecular complexity index is 766. The van der Waals surface area contributed by atoms with Crippen molar-refractivity contribution in [3.05, 3.63) is 51.7 Å². The van der Waals surface area contributed by atoms with E-state index < -0.39 is 5.92 Å². The molecule has 3 rings (SSSR count). The molecule has 0 aliphatic carbocycles. The van der Waals surface area contributed by atoms with Crippen LogP contribution in [-0.2, 0) is 4.79 Å². The molecule has 118 valence electrons. The second-order valence-electron chi connectivity index (χ2n) is 5.58. The van der Waals surface area contributed by atoms with Gasteiger partial charge in [-0.2, -0.15) is 10.1 Å². The first-order chi connectivity index (χ1) is 11.0. The molecule has 1 aromatic carbocycles. The Balaban J connectivity index is 1.98. The number of carbonyl (C=O) groups is 2. The van der Waals surface area contributed by atoms with E-state index in [1.807, 2.05) is 19.2 Å². The SMILES string of the molecule is CC(C)C1=NN(c2ccc(Cl)cc2)C(=O)[C@@H]1C(=O)c1cccs1. The number of carbonyl (C=O) groups excluding carboxylic acids is 2. The van der Waals surface area contributed by atoms with Crippen LogP contribution in [0.3, 0.4) is 0 Å². The molecule has 0 spiro atoms. The normalized spacial score (nSPS) is 17.7. The van der Waals surface area contributed by atoms with Crippen LogP contribution in [0.15, 0.2) is 46.9 Å². The number of hydrogen-bond acceptors (Lipinski definition) is 4. The average molecular weight is 347 g/mol. The van der Waals surface area contributed by atoms with E-state index in [1.54, 1.807) is 36.4 Å². The van der Waals surface area contributed by atoms with Gasteiger partial charge in [0.2, 0.25) is 0 Å². The van der Waals surface area contributed by atoms with Gasteiger partial charge in [-0.3, -0.25) is 9.59 Å². The molecule has 0 N–H and O–H groups in total. The monoisotopic (exact) mass is 346 g/mol. The lowest BCUT2D eigenvalue weighted by molar-refractivity contribution is -0.118. The molecule has 1 aliphatic heterocycles. The van der Waals surface area contributed by atoms with Gasteiger partial charge in [-0.25, -0.2) is 0 Å². The summed E-state index contributed by atoms with van der Waals surface area (Å²) in [7, 11) is 0. The van der Waals surface area contributed by atoms with Crippen LogP contribution in [0.25, 0.3) is 0 Å². The summed E-state index contributed by atoms with van der Waals surface area (Å²) in [6, 6.07) is 10.4. The number of thiophene rings is 1. The van der Waals surface area contributed by atoms with Crippen molar-refractivity contribution in [3.8, 4) is 0 Å². The maximum atomic E-state index is 12.8. The summed E-state index contributed by atoms with van der Waals surface area (Å²) >= 11 is 7.23. The van der Waals surface area contributed by atoms with E-state index >= 15 is 0 Å². The van der Waals surface area contributed by atoms with Crippen molar-refractivity contribution in [2.24, 2.45) is 16.9 Å². The zero-order chi connectivity index (χ0) is 16.6. The highest BCUT2D eigenvalue weighted by Crippen LogP contribution is 2.30. The molecule has 0 saturated carbocycles. The average Bonchev–Trinajstić information content (AvgIpc) is 3.15. The molecule has 0 radical (unpaired) electrons. The Hall–Kier alpha value is -1.98. The van der Waals surface area contributed by atoms with Crippen LogP contribution >= 0.6 is 22.9 Å². The van der Waals surface area contributed by atoms with Crippen molar-refractivity contribution >= 4 is 46.0 Å². The van der Waals surface area contributed by atoms with Gasteiger partial charge in [0, 0.05) is 5.02 Å². The summed E-state index contributed by atoms with van der Waals surface area (Å²) < 4.78 is 0. The summed E-state index contributed by atoms with van der Waals surface area (Å²) in [5, 5.41) is 8.14. The van der Waals surface area contributed by atoms with Gasteiger partial charge in [0.1, 0.15) is 5.92 Å². The van der Waals surface area contributed by atoms with Crippen molar-refractivity contribution in [2.75, 3.05) is 5.01 Å². The maximum absolute atomic E-state index is 12.8. The first-order valence-corrected chi connectivity index (χ1v) is 8.50. The molecule has 0 bridgehead atoms. The van der Waals surface area contributed by atoms with Gasteiger partial charge >= 0.3 is 0 Å². The largest absolute Gasteiger partial charge is 0.292 e. The number of benzene rings is 1. The molecular formula is C17H15ClN2O2S. The predicted molar refractivity (Wildman–Crippen MR) is 93.4 cm³/mol. The highest BCUT2D eigenvalue weighted by atomic mass is 35.5. The summed E-state index contributed by atoms with van der Waals surface area (Å²) in [5.74, 6) is -1.34. The third kappa shape index (κ3) is 2.94. The van der Waals surface area contributed by atoms with E-state index in [1.165, 1.54) is 16.3 Å². The van der Waals surface area contributed by atoms with Gasteiger partial charge in [-0.1, -0.05) is 31.5 Å². The van der Waals surface area contributed by atoms with Gasteiger partial charge in [0.15, 0.2) is 5.78 Å². The Morgan fingerprint density at radius 3 is 2.52 bits per heavy atom. The second kappa shape index (κ2) is 6.26. The third-order valence-corrected chi connectivity index (χ3v) is 4.79. The summed E-state index contributed by atoms with van der Waals surface area (Å²) in [4.78, 5) is 26.1. The number of halogens is 1. The van der Waals surface area contributed by atoms with Crippen molar-refractivity contribution in [2.45, 2.75) is 13.8 Å². The Labute approximate surface area is 143 Å². The number of Topliss-reactive ketones (excluding diaryl/α,β-unsaturated/α-hetero) is 1. The highest BCUT2D eigenvalue weighted by molar-refractivity contribution is 7.12. The fraction of sp³-hybridized carbons (Fsp3) is 0.235. The number of hydrazone groups is 1. The topological polar surface area (TPSA) is 49.7 Å². The van der Waals surface area contributed by atoms with Gasteiger partial charge in [-0.05, 0) is 41.6 Å². The molecule has 0 unspecified atom stereocenters. The first kappa shape index (κ1) is 15.9. The number of hydrogen-bond donors (Lipinski definition) is 0. The zero-order valence-corrected chi connectivity index (χ0v) is 14.3. The van der Waals surface area contributed by atoms with E-state index in [0.29, 0.717) is 21.3 Å². The molecule has 1 aliphatic rings. The minimum Gasteiger partial charge on any atom is -0.292 e. The van der Waals surface area contributed by atoms with E-state index in [2.05, 4.69) is 5.10 Å². The van der Waals surface area contributed by atoms with Crippen molar-refractivity contribution < 1.29 is 9.59 Å². The lowest BCUT2D eigenvalue weighted by atomic mass is 9.90. The lowest BCUT2D eigenvalue weighted by Crippen LogP contribution is -2.34. The van der Waals surface area contributed by atoms with Gasteiger partial charge in [-0.15, -0.1) is 11.3 Å². The number of anilines is 1. The van der Waals surface area contributed by atoms with E-state index in [9.17, 15) is 9.59 Å². The molecular weight excluding hydrogens is 332 g/mol. The summed E-state index contributed by atoms with van der Waals surface area (Å²) in [5.41, 5.74) is 1.21. The minimum atomic E-state index is -0.843. The van der Waals surface area contributed by atoms with Crippen LogP contribution in [-0.4, -0.2) is 17.4 Å². The summed E-state index contributed by atoms with van der Waals surface area (Å²) in [6.45, 7) is 3.87. The molecule has 1 aromatic heterocycles. The smallest absolute Gasteiger partial charge is 0.264 e. The van der Waals surface area contributed by atoms with Gasteiger partial charge < -0.3 is 0 Å². The van der Waals surface area contributed by atoms with E-state index in [4.69, 9.17) is 11.6 Å². The van der Waals surface area contributed by atoms with Crippen molar-refractivity contribution in [1.82, 2.24) is 0 Å². The Kier molecular flexibility index (Phi) is 4.33. The van der Waals surface area contributed by atoms with Crippen molar-refractivity contribution in [1.29, 1.82) is 0 Å². The van der Waals surface area contributed by atoms with Gasteiger partial charge in [0.25, 0.3) is 5.91 Å². The summed E-state index contributed by atoms with van der Waals surface area (Å²) in [6.07, 6.45) is 0. The molecule has 2 heterocycles. The molecule has 0 saturated heterocycles.